The molecule has 140 valence electrons. The third-order valence-electron chi connectivity index (χ3n) is 4.70. The number of rotatable bonds is 5. The maximum atomic E-state index is 12.5. The fourth-order valence-corrected chi connectivity index (χ4v) is 3.17. The first-order valence-corrected chi connectivity index (χ1v) is 9.02. The topological polar surface area (TPSA) is 107 Å². The molecule has 2 aromatic rings. The van der Waals surface area contributed by atoms with E-state index in [0.717, 1.165) is 31.5 Å². The molecular formula is C19H23N7O. The van der Waals surface area contributed by atoms with E-state index in [1.54, 1.807) is 13.1 Å². The largest absolute Gasteiger partial charge is 0.357 e. The third kappa shape index (κ3) is 4.50. The summed E-state index contributed by atoms with van der Waals surface area (Å²) >= 11 is 0. The van der Waals surface area contributed by atoms with Gasteiger partial charge in [0.2, 0.25) is 17.8 Å². The number of nitrogens with zero attached hydrogens (tertiary/aromatic N) is 5. The number of carbonyl (C=O) groups is 1. The first-order valence-electron chi connectivity index (χ1n) is 9.02. The standard InChI is InChI=1S/C19H23N7O/c1-13-23-18(21-2)25-19(24-13)26-9-7-14(8-10-26)17(27)22-12-16-6-4-3-5-15(16)11-20/h3-6,14H,7-10,12H2,1-2H3,(H,22,27)(H,21,23,24,25). The molecule has 0 radical (unpaired) electrons. The summed E-state index contributed by atoms with van der Waals surface area (Å²) in [5, 5.41) is 15.0. The van der Waals surface area contributed by atoms with Crippen LogP contribution in [0.25, 0.3) is 0 Å². The van der Waals surface area contributed by atoms with Crippen LogP contribution >= 0.6 is 0 Å². The van der Waals surface area contributed by atoms with E-state index in [4.69, 9.17) is 5.26 Å². The van der Waals surface area contributed by atoms with Crippen molar-refractivity contribution in [2.75, 3.05) is 30.4 Å². The summed E-state index contributed by atoms with van der Waals surface area (Å²) in [6, 6.07) is 9.47. The molecule has 1 aliphatic heterocycles. The lowest BCUT2D eigenvalue weighted by Crippen LogP contribution is -2.41. The lowest BCUT2D eigenvalue weighted by molar-refractivity contribution is -0.125. The Balaban J connectivity index is 1.55. The number of amides is 1. The van der Waals surface area contributed by atoms with E-state index in [2.05, 4.69) is 36.6 Å². The van der Waals surface area contributed by atoms with Gasteiger partial charge >= 0.3 is 0 Å². The smallest absolute Gasteiger partial charge is 0.230 e. The van der Waals surface area contributed by atoms with Gasteiger partial charge in [0, 0.05) is 32.6 Å². The summed E-state index contributed by atoms with van der Waals surface area (Å²) < 4.78 is 0. The number of hydrogen-bond acceptors (Lipinski definition) is 7. The lowest BCUT2D eigenvalue weighted by Gasteiger charge is -2.31. The number of carbonyl (C=O) groups excluding carboxylic acids is 1. The summed E-state index contributed by atoms with van der Waals surface area (Å²) in [7, 11) is 1.78. The molecule has 0 unspecified atom stereocenters. The predicted molar refractivity (Wildman–Crippen MR) is 102 cm³/mol. The van der Waals surface area contributed by atoms with Crippen LogP contribution in [0.4, 0.5) is 11.9 Å². The van der Waals surface area contributed by atoms with E-state index in [0.29, 0.717) is 29.8 Å². The van der Waals surface area contributed by atoms with E-state index < -0.39 is 0 Å². The Kier molecular flexibility index (Phi) is 5.81. The zero-order valence-electron chi connectivity index (χ0n) is 15.6. The minimum Gasteiger partial charge on any atom is -0.357 e. The first kappa shape index (κ1) is 18.6. The Hall–Kier alpha value is -3.21. The first-order chi connectivity index (χ1) is 13.1. The van der Waals surface area contributed by atoms with Gasteiger partial charge in [-0.05, 0) is 31.4 Å². The molecule has 1 saturated heterocycles. The lowest BCUT2D eigenvalue weighted by atomic mass is 9.96. The van der Waals surface area contributed by atoms with Crippen molar-refractivity contribution in [2.45, 2.75) is 26.3 Å². The van der Waals surface area contributed by atoms with Crippen LogP contribution in [0.1, 0.15) is 29.8 Å². The molecule has 1 fully saturated rings. The number of benzene rings is 1. The van der Waals surface area contributed by atoms with Crippen molar-refractivity contribution in [1.82, 2.24) is 20.3 Å². The molecule has 8 nitrogen and oxygen atoms in total. The Bertz CT molecular complexity index is 853. The summed E-state index contributed by atoms with van der Waals surface area (Å²) in [6.07, 6.45) is 1.48. The Morgan fingerprint density at radius 1 is 1.26 bits per heavy atom. The van der Waals surface area contributed by atoms with Crippen molar-refractivity contribution < 1.29 is 4.79 Å². The van der Waals surface area contributed by atoms with E-state index >= 15 is 0 Å². The van der Waals surface area contributed by atoms with Gasteiger partial charge in [0.05, 0.1) is 11.6 Å². The number of aryl methyl sites for hydroxylation is 1. The molecule has 2 N–H and O–H groups in total. The zero-order chi connectivity index (χ0) is 19.2. The molecule has 1 aromatic carbocycles. The number of nitriles is 1. The van der Waals surface area contributed by atoms with Gasteiger partial charge in [-0.1, -0.05) is 18.2 Å². The van der Waals surface area contributed by atoms with Crippen LogP contribution in [0.15, 0.2) is 24.3 Å². The number of hydrogen-bond donors (Lipinski definition) is 2. The van der Waals surface area contributed by atoms with Crippen LogP contribution in [-0.4, -0.2) is 41.0 Å². The predicted octanol–water partition coefficient (Wildman–Crippen LogP) is 1.63. The number of aromatic nitrogens is 3. The molecule has 0 atom stereocenters. The van der Waals surface area contributed by atoms with Crippen LogP contribution in [-0.2, 0) is 11.3 Å². The molecule has 1 aliphatic rings. The molecule has 0 saturated carbocycles. The fourth-order valence-electron chi connectivity index (χ4n) is 3.17. The third-order valence-corrected chi connectivity index (χ3v) is 4.70. The van der Waals surface area contributed by atoms with Crippen LogP contribution < -0.4 is 15.5 Å². The van der Waals surface area contributed by atoms with Gasteiger partial charge in [-0.15, -0.1) is 0 Å². The SMILES string of the molecule is CNc1nc(C)nc(N2CCC(C(=O)NCc3ccccc3C#N)CC2)n1. The van der Waals surface area contributed by atoms with Crippen molar-refractivity contribution in [2.24, 2.45) is 5.92 Å². The van der Waals surface area contributed by atoms with Crippen LogP contribution in [0, 0.1) is 24.2 Å². The Morgan fingerprint density at radius 2 is 2.00 bits per heavy atom. The zero-order valence-corrected chi connectivity index (χ0v) is 15.6. The maximum Gasteiger partial charge on any atom is 0.230 e. The van der Waals surface area contributed by atoms with Gasteiger partial charge in [-0.2, -0.15) is 20.2 Å². The van der Waals surface area contributed by atoms with Gasteiger partial charge in [0.15, 0.2) is 0 Å². The van der Waals surface area contributed by atoms with Gasteiger partial charge in [-0.25, -0.2) is 0 Å². The average molecular weight is 365 g/mol. The molecule has 27 heavy (non-hydrogen) atoms. The Morgan fingerprint density at radius 3 is 2.70 bits per heavy atom. The molecule has 1 aromatic heterocycles. The second-order valence-electron chi connectivity index (χ2n) is 6.50. The average Bonchev–Trinajstić information content (AvgIpc) is 2.71. The number of piperidine rings is 1. The van der Waals surface area contributed by atoms with E-state index in [1.165, 1.54) is 0 Å². The van der Waals surface area contributed by atoms with Crippen molar-refractivity contribution in [3.05, 3.63) is 41.2 Å². The van der Waals surface area contributed by atoms with Crippen molar-refractivity contribution in [3.8, 4) is 6.07 Å². The minimum absolute atomic E-state index is 0.0325. The molecule has 0 bridgehead atoms. The summed E-state index contributed by atoms with van der Waals surface area (Å²) in [4.78, 5) is 27.6. The molecule has 1 amide bonds. The molecule has 0 spiro atoms. The summed E-state index contributed by atoms with van der Waals surface area (Å²) in [5.74, 6) is 1.86. The maximum absolute atomic E-state index is 12.5. The fraction of sp³-hybridized carbons (Fsp3) is 0.421. The highest BCUT2D eigenvalue weighted by atomic mass is 16.1. The van der Waals surface area contributed by atoms with Gasteiger partial charge in [0.1, 0.15) is 5.82 Å². The molecule has 2 heterocycles. The minimum atomic E-state index is -0.0396. The second kappa shape index (κ2) is 8.45. The van der Waals surface area contributed by atoms with E-state index in [-0.39, 0.29) is 11.8 Å². The van der Waals surface area contributed by atoms with Crippen molar-refractivity contribution in [3.63, 3.8) is 0 Å². The monoisotopic (exact) mass is 365 g/mol. The van der Waals surface area contributed by atoms with Crippen LogP contribution in [0.3, 0.4) is 0 Å². The van der Waals surface area contributed by atoms with Crippen molar-refractivity contribution >= 4 is 17.8 Å². The van der Waals surface area contributed by atoms with Crippen LogP contribution in [0.2, 0.25) is 0 Å². The number of anilines is 2. The molecule has 0 aliphatic carbocycles. The molecule has 3 rings (SSSR count). The van der Waals surface area contributed by atoms with Gasteiger partial charge < -0.3 is 15.5 Å². The highest BCUT2D eigenvalue weighted by Gasteiger charge is 2.26. The van der Waals surface area contributed by atoms with Crippen molar-refractivity contribution in [1.29, 1.82) is 5.26 Å². The van der Waals surface area contributed by atoms with E-state index in [9.17, 15) is 4.79 Å². The van der Waals surface area contributed by atoms with Gasteiger partial charge in [0.25, 0.3) is 0 Å². The molecular weight excluding hydrogens is 342 g/mol. The Labute approximate surface area is 158 Å². The normalized spacial score (nSPS) is 14.5. The highest BCUT2D eigenvalue weighted by molar-refractivity contribution is 5.79. The summed E-state index contributed by atoms with van der Waals surface area (Å²) in [5.41, 5.74) is 1.43. The quantitative estimate of drug-likeness (QED) is 0.829. The number of nitrogens with one attached hydrogen (secondary N) is 2. The molecule has 8 heteroatoms. The second-order valence-corrected chi connectivity index (χ2v) is 6.50. The van der Waals surface area contributed by atoms with Gasteiger partial charge in [-0.3, -0.25) is 4.79 Å². The van der Waals surface area contributed by atoms with Crippen LogP contribution in [0.5, 0.6) is 0 Å². The highest BCUT2D eigenvalue weighted by Crippen LogP contribution is 2.21. The van der Waals surface area contributed by atoms with E-state index in [1.807, 2.05) is 25.1 Å². The summed E-state index contributed by atoms with van der Waals surface area (Å²) in [6.45, 7) is 3.66.